The van der Waals surface area contributed by atoms with Gasteiger partial charge < -0.3 is 0 Å². The first-order valence-electron chi connectivity index (χ1n) is 9.63. The van der Waals surface area contributed by atoms with E-state index in [2.05, 4.69) is 41.5 Å². The van der Waals surface area contributed by atoms with Gasteiger partial charge in [-0.3, -0.25) is 4.89 Å². The molecule has 4 heteroatoms. The van der Waals surface area contributed by atoms with Gasteiger partial charge >= 0.3 is 5.97 Å². The summed E-state index contributed by atoms with van der Waals surface area (Å²) in [6.45, 7) is 15.2. The van der Waals surface area contributed by atoms with Crippen molar-refractivity contribution in [2.75, 3.05) is 0 Å². The second kappa shape index (κ2) is 11.9. The lowest BCUT2D eigenvalue weighted by Crippen LogP contribution is -2.28. The Hall–Kier alpha value is -0.610. The predicted octanol–water partition coefficient (Wildman–Crippen LogP) is 6.38. The Morgan fingerprint density at radius 3 is 2.17 bits per heavy atom. The summed E-state index contributed by atoms with van der Waals surface area (Å²) in [5.41, 5.74) is -0.0421. The van der Waals surface area contributed by atoms with Crippen LogP contribution in [-0.4, -0.2) is 11.6 Å². The molecule has 0 aromatic rings. The minimum Gasteiger partial charge on any atom is -0.269 e. The van der Waals surface area contributed by atoms with Crippen LogP contribution in [0.1, 0.15) is 106 Å². The molecular weight excluding hydrogens is 304 g/mol. The Balaban J connectivity index is 3.80. The van der Waals surface area contributed by atoms with E-state index in [1.807, 2.05) is 6.92 Å². The molecule has 0 fully saturated rings. The molecule has 144 valence electrons. The fourth-order valence-corrected chi connectivity index (χ4v) is 2.44. The van der Waals surface area contributed by atoms with Crippen LogP contribution in [0.5, 0.6) is 0 Å². The van der Waals surface area contributed by atoms with Crippen molar-refractivity contribution < 1.29 is 19.6 Å². The molecule has 0 N–H and O–H groups in total. The molecule has 4 nitrogen and oxygen atoms in total. The molecule has 0 radical (unpaired) electrons. The predicted molar refractivity (Wildman–Crippen MR) is 98.2 cm³/mol. The van der Waals surface area contributed by atoms with Gasteiger partial charge in [0.15, 0.2) is 0 Å². The molecule has 0 heterocycles. The van der Waals surface area contributed by atoms with Crippen molar-refractivity contribution in [3.05, 3.63) is 0 Å². The van der Waals surface area contributed by atoms with Crippen LogP contribution >= 0.6 is 0 Å². The maximum atomic E-state index is 11.7. The van der Waals surface area contributed by atoms with Crippen LogP contribution in [0.2, 0.25) is 0 Å². The summed E-state index contributed by atoms with van der Waals surface area (Å²) in [6, 6.07) is 0. The Bertz CT molecular complexity index is 333. The number of carbonyl (C=O) groups excluding carboxylic acids is 1. The number of unbranched alkanes of at least 4 members (excludes halogenated alkanes) is 2. The van der Waals surface area contributed by atoms with Crippen LogP contribution in [0.3, 0.4) is 0 Å². The molecule has 1 atom stereocenters. The molecule has 0 saturated carbocycles. The van der Waals surface area contributed by atoms with E-state index in [1.165, 1.54) is 6.42 Å². The van der Waals surface area contributed by atoms with Gasteiger partial charge in [-0.1, -0.05) is 67.2 Å². The van der Waals surface area contributed by atoms with E-state index in [0.717, 1.165) is 44.9 Å². The smallest absolute Gasteiger partial charge is 0.269 e. The van der Waals surface area contributed by atoms with E-state index in [1.54, 1.807) is 0 Å². The van der Waals surface area contributed by atoms with E-state index in [-0.39, 0.29) is 5.97 Å². The molecule has 0 aliphatic rings. The summed E-state index contributed by atoms with van der Waals surface area (Å²) >= 11 is 0. The van der Waals surface area contributed by atoms with Crippen LogP contribution in [0.4, 0.5) is 0 Å². The number of hydrogen-bond donors (Lipinski definition) is 0. The lowest BCUT2D eigenvalue weighted by molar-refractivity contribution is -0.519. The van der Waals surface area contributed by atoms with Gasteiger partial charge in [-0.05, 0) is 49.0 Å². The Labute approximate surface area is 149 Å². The second-order valence-electron chi connectivity index (χ2n) is 8.82. The zero-order chi connectivity index (χ0) is 18.6. The first kappa shape index (κ1) is 23.4. The highest BCUT2D eigenvalue weighted by atomic mass is 17.5. The van der Waals surface area contributed by atoms with Crippen molar-refractivity contribution in [3.8, 4) is 0 Å². The Morgan fingerprint density at radius 1 is 0.958 bits per heavy atom. The summed E-state index contributed by atoms with van der Waals surface area (Å²) in [5.74, 6) is 0.328. The second-order valence-corrected chi connectivity index (χ2v) is 8.82. The standard InChI is InChI=1S/C20H40O4/c1-8-20(7,16-12-13-17(2)3)23-24-22-18(21)14-10-9-11-15-19(4,5)6/h17H,8-16H2,1-7H3. The third-order valence-corrected chi connectivity index (χ3v) is 4.40. The maximum absolute atomic E-state index is 11.7. The van der Waals surface area contributed by atoms with Crippen LogP contribution in [0.15, 0.2) is 0 Å². The lowest BCUT2D eigenvalue weighted by atomic mass is 9.89. The maximum Gasteiger partial charge on any atom is 0.345 e. The summed E-state index contributed by atoms with van der Waals surface area (Å²) in [4.78, 5) is 21.8. The summed E-state index contributed by atoms with van der Waals surface area (Å²) in [5, 5.41) is 4.77. The highest BCUT2D eigenvalue weighted by Crippen LogP contribution is 2.25. The average Bonchev–Trinajstić information content (AvgIpc) is 2.45. The third-order valence-electron chi connectivity index (χ3n) is 4.40. The molecule has 0 aromatic carbocycles. The molecular formula is C20H40O4. The minimum absolute atomic E-state index is 0.355. The van der Waals surface area contributed by atoms with Crippen molar-refractivity contribution in [1.29, 1.82) is 0 Å². The van der Waals surface area contributed by atoms with Crippen LogP contribution in [0.25, 0.3) is 0 Å². The Kier molecular flexibility index (Phi) is 11.6. The first-order valence-corrected chi connectivity index (χ1v) is 9.63. The molecule has 0 bridgehead atoms. The van der Waals surface area contributed by atoms with Crippen molar-refractivity contribution >= 4 is 5.97 Å². The van der Waals surface area contributed by atoms with E-state index < -0.39 is 5.60 Å². The van der Waals surface area contributed by atoms with Crippen LogP contribution in [0, 0.1) is 11.3 Å². The molecule has 0 aliphatic heterocycles. The van der Waals surface area contributed by atoms with E-state index in [9.17, 15) is 4.79 Å². The van der Waals surface area contributed by atoms with Gasteiger partial charge in [0, 0.05) is 6.42 Å². The fourth-order valence-electron chi connectivity index (χ4n) is 2.44. The van der Waals surface area contributed by atoms with E-state index in [0.29, 0.717) is 17.8 Å². The monoisotopic (exact) mass is 344 g/mol. The molecule has 0 rings (SSSR count). The molecule has 0 amide bonds. The fraction of sp³-hybridized carbons (Fsp3) is 0.950. The number of rotatable bonds is 13. The van der Waals surface area contributed by atoms with Crippen molar-refractivity contribution in [2.45, 2.75) is 112 Å². The third kappa shape index (κ3) is 13.8. The van der Waals surface area contributed by atoms with Gasteiger partial charge in [-0.25, -0.2) is 4.79 Å². The summed E-state index contributed by atoms with van der Waals surface area (Å²) in [6.07, 6.45) is 8.50. The zero-order valence-electron chi connectivity index (χ0n) is 17.1. The average molecular weight is 345 g/mol. The highest BCUT2D eigenvalue weighted by Gasteiger charge is 2.25. The van der Waals surface area contributed by atoms with Crippen LogP contribution in [-0.2, 0) is 19.6 Å². The zero-order valence-corrected chi connectivity index (χ0v) is 17.1. The summed E-state index contributed by atoms with van der Waals surface area (Å²) < 4.78 is 0. The van der Waals surface area contributed by atoms with Gasteiger partial charge in [0.25, 0.3) is 0 Å². The first-order chi connectivity index (χ1) is 11.1. The lowest BCUT2D eigenvalue weighted by Gasteiger charge is -2.25. The number of carbonyl (C=O) groups is 1. The molecule has 1 unspecified atom stereocenters. The van der Waals surface area contributed by atoms with Crippen molar-refractivity contribution in [3.63, 3.8) is 0 Å². The minimum atomic E-state index is -0.401. The molecule has 0 aromatic heterocycles. The van der Waals surface area contributed by atoms with Gasteiger partial charge in [-0.15, -0.1) is 0 Å². The van der Waals surface area contributed by atoms with Gasteiger partial charge in [0.05, 0.1) is 0 Å². The van der Waals surface area contributed by atoms with Gasteiger partial charge in [0.1, 0.15) is 5.60 Å². The van der Waals surface area contributed by atoms with E-state index in [4.69, 9.17) is 14.8 Å². The van der Waals surface area contributed by atoms with Crippen molar-refractivity contribution in [1.82, 2.24) is 0 Å². The van der Waals surface area contributed by atoms with Gasteiger partial charge in [0.2, 0.25) is 0 Å². The summed E-state index contributed by atoms with van der Waals surface area (Å²) in [7, 11) is 0. The van der Waals surface area contributed by atoms with E-state index >= 15 is 0 Å². The largest absolute Gasteiger partial charge is 0.345 e. The molecule has 0 spiro atoms. The SMILES string of the molecule is CCC(C)(CCCC(C)C)OOOC(=O)CCCCCC(C)(C)C. The van der Waals surface area contributed by atoms with Gasteiger partial charge in [-0.2, -0.15) is 4.89 Å². The number of hydrogen-bond acceptors (Lipinski definition) is 4. The quantitative estimate of drug-likeness (QED) is 0.221. The highest BCUT2D eigenvalue weighted by molar-refractivity contribution is 5.68. The normalized spacial score (nSPS) is 14.7. The molecule has 0 aliphatic carbocycles. The topological polar surface area (TPSA) is 44.8 Å². The molecule has 0 saturated heterocycles. The van der Waals surface area contributed by atoms with Crippen LogP contribution < -0.4 is 0 Å². The Morgan fingerprint density at radius 2 is 1.62 bits per heavy atom. The molecule has 24 heavy (non-hydrogen) atoms. The van der Waals surface area contributed by atoms with Crippen molar-refractivity contribution in [2.24, 2.45) is 11.3 Å².